The van der Waals surface area contributed by atoms with Gasteiger partial charge in [-0.3, -0.25) is 4.79 Å². The number of aliphatic hydroxyl groups is 1. The van der Waals surface area contributed by atoms with Crippen molar-refractivity contribution in [1.29, 1.82) is 0 Å². The fourth-order valence-electron chi connectivity index (χ4n) is 2.92. The number of carbonyl (C=O) groups excluding carboxylic acids is 1. The van der Waals surface area contributed by atoms with Crippen LogP contribution in [0.2, 0.25) is 0 Å². The number of hydrogen-bond acceptors (Lipinski definition) is 3. The number of esters is 1. The number of hydrogen-bond donors (Lipinski definition) is 1. The van der Waals surface area contributed by atoms with Gasteiger partial charge in [-0.15, -0.1) is 0 Å². The SMILES string of the molecule is CCOC(=O)CCC(c1cccc2ccccc12)C(O)CC. The quantitative estimate of drug-likeness (QED) is 0.785. The standard InChI is InChI=1S/C19H24O3/c1-3-18(20)17(12-13-19(21)22-4-2)16-11-7-9-14-8-5-6-10-15(14)16/h5-11,17-18,20H,3-4,12-13H2,1-2H3. The van der Waals surface area contributed by atoms with Gasteiger partial charge in [-0.2, -0.15) is 0 Å². The summed E-state index contributed by atoms with van der Waals surface area (Å²) in [6.45, 7) is 4.17. The Labute approximate surface area is 131 Å². The molecule has 2 aromatic carbocycles. The van der Waals surface area contributed by atoms with Crippen LogP contribution in [0, 0.1) is 0 Å². The van der Waals surface area contributed by atoms with E-state index in [0.717, 1.165) is 16.3 Å². The zero-order valence-electron chi connectivity index (χ0n) is 13.3. The van der Waals surface area contributed by atoms with Gasteiger partial charge in [0.15, 0.2) is 0 Å². The molecule has 22 heavy (non-hydrogen) atoms. The van der Waals surface area contributed by atoms with Crippen molar-refractivity contribution < 1.29 is 14.6 Å². The van der Waals surface area contributed by atoms with E-state index in [9.17, 15) is 9.90 Å². The van der Waals surface area contributed by atoms with Crippen LogP contribution in [0.15, 0.2) is 42.5 Å². The molecule has 1 N–H and O–H groups in total. The molecule has 2 unspecified atom stereocenters. The van der Waals surface area contributed by atoms with Gasteiger partial charge in [0.1, 0.15) is 0 Å². The third kappa shape index (κ3) is 3.86. The second-order valence-electron chi connectivity index (χ2n) is 5.49. The van der Waals surface area contributed by atoms with Crippen molar-refractivity contribution in [2.45, 2.75) is 45.1 Å². The Balaban J connectivity index is 2.29. The lowest BCUT2D eigenvalue weighted by Crippen LogP contribution is -2.19. The largest absolute Gasteiger partial charge is 0.466 e. The number of carbonyl (C=O) groups is 1. The Kier molecular flexibility index (Phi) is 5.96. The average molecular weight is 300 g/mol. The first-order chi connectivity index (χ1) is 10.7. The first-order valence-electron chi connectivity index (χ1n) is 7.98. The minimum Gasteiger partial charge on any atom is -0.466 e. The van der Waals surface area contributed by atoms with Gasteiger partial charge in [-0.1, -0.05) is 49.4 Å². The van der Waals surface area contributed by atoms with Crippen LogP contribution in [0.1, 0.15) is 44.6 Å². The lowest BCUT2D eigenvalue weighted by Gasteiger charge is -2.23. The van der Waals surface area contributed by atoms with Crippen LogP contribution in [0.25, 0.3) is 10.8 Å². The van der Waals surface area contributed by atoms with Crippen molar-refractivity contribution in [1.82, 2.24) is 0 Å². The molecule has 118 valence electrons. The van der Waals surface area contributed by atoms with Gasteiger partial charge in [0.2, 0.25) is 0 Å². The van der Waals surface area contributed by atoms with Crippen LogP contribution in [0.5, 0.6) is 0 Å². The first kappa shape index (κ1) is 16.5. The van der Waals surface area contributed by atoms with Crippen molar-refractivity contribution in [3.8, 4) is 0 Å². The Bertz CT molecular complexity index is 616. The van der Waals surface area contributed by atoms with Crippen molar-refractivity contribution in [2.75, 3.05) is 6.61 Å². The molecule has 2 rings (SSSR count). The normalized spacial score (nSPS) is 13.8. The highest BCUT2D eigenvalue weighted by Gasteiger charge is 2.22. The van der Waals surface area contributed by atoms with Crippen LogP contribution in [0.4, 0.5) is 0 Å². The highest BCUT2D eigenvalue weighted by atomic mass is 16.5. The molecule has 0 amide bonds. The zero-order valence-corrected chi connectivity index (χ0v) is 13.3. The van der Waals surface area contributed by atoms with E-state index >= 15 is 0 Å². The lowest BCUT2D eigenvalue weighted by molar-refractivity contribution is -0.143. The summed E-state index contributed by atoms with van der Waals surface area (Å²) in [4.78, 5) is 11.6. The summed E-state index contributed by atoms with van der Waals surface area (Å²) in [5, 5.41) is 12.7. The van der Waals surface area contributed by atoms with E-state index in [2.05, 4.69) is 24.3 Å². The van der Waals surface area contributed by atoms with E-state index in [1.165, 1.54) is 0 Å². The van der Waals surface area contributed by atoms with Crippen molar-refractivity contribution in [2.24, 2.45) is 0 Å². The average Bonchev–Trinajstić information content (AvgIpc) is 2.55. The molecular weight excluding hydrogens is 276 g/mol. The van der Waals surface area contributed by atoms with Crippen LogP contribution in [-0.2, 0) is 9.53 Å². The van der Waals surface area contributed by atoms with Crippen LogP contribution in [-0.4, -0.2) is 23.8 Å². The van der Waals surface area contributed by atoms with Gasteiger partial charge < -0.3 is 9.84 Å². The molecule has 2 atom stereocenters. The molecule has 0 aliphatic rings. The third-order valence-electron chi connectivity index (χ3n) is 4.07. The summed E-state index contributed by atoms with van der Waals surface area (Å²) in [6.07, 6.45) is 1.14. The van der Waals surface area contributed by atoms with Crippen molar-refractivity contribution in [3.05, 3.63) is 48.0 Å². The molecule has 0 fully saturated rings. The molecular formula is C19H24O3. The molecule has 0 aliphatic carbocycles. The minimum absolute atomic E-state index is 0.0551. The molecule has 3 nitrogen and oxygen atoms in total. The fraction of sp³-hybridized carbons (Fsp3) is 0.421. The predicted molar refractivity (Wildman–Crippen MR) is 88.9 cm³/mol. The summed E-state index contributed by atoms with van der Waals surface area (Å²) in [5.74, 6) is -0.253. The lowest BCUT2D eigenvalue weighted by atomic mass is 9.85. The highest BCUT2D eigenvalue weighted by molar-refractivity contribution is 5.86. The van der Waals surface area contributed by atoms with Crippen molar-refractivity contribution >= 4 is 16.7 Å². The van der Waals surface area contributed by atoms with E-state index in [1.807, 2.05) is 25.1 Å². The maximum absolute atomic E-state index is 11.6. The van der Waals surface area contributed by atoms with Gasteiger partial charge in [-0.25, -0.2) is 0 Å². The molecule has 0 radical (unpaired) electrons. The zero-order chi connectivity index (χ0) is 15.9. The molecule has 0 aromatic heterocycles. The summed E-state index contributed by atoms with van der Waals surface area (Å²) in [5.41, 5.74) is 1.11. The number of ether oxygens (including phenoxy) is 1. The molecule has 0 saturated carbocycles. The number of rotatable bonds is 7. The Hall–Kier alpha value is -1.87. The van der Waals surface area contributed by atoms with E-state index < -0.39 is 6.10 Å². The van der Waals surface area contributed by atoms with Crippen LogP contribution < -0.4 is 0 Å². The molecule has 0 bridgehead atoms. The van der Waals surface area contributed by atoms with E-state index in [4.69, 9.17) is 4.74 Å². The maximum atomic E-state index is 11.6. The molecule has 2 aromatic rings. The van der Waals surface area contributed by atoms with E-state index in [0.29, 0.717) is 25.9 Å². The summed E-state index contributed by atoms with van der Waals surface area (Å²) < 4.78 is 5.01. The van der Waals surface area contributed by atoms with Crippen LogP contribution in [0.3, 0.4) is 0 Å². The van der Waals surface area contributed by atoms with Gasteiger partial charge in [0.25, 0.3) is 0 Å². The van der Waals surface area contributed by atoms with Gasteiger partial charge in [-0.05, 0) is 36.1 Å². The van der Waals surface area contributed by atoms with E-state index in [-0.39, 0.29) is 11.9 Å². The Morgan fingerprint density at radius 1 is 1.14 bits per heavy atom. The number of aliphatic hydroxyl groups excluding tert-OH is 1. The summed E-state index contributed by atoms with van der Waals surface area (Å²) >= 11 is 0. The number of benzene rings is 2. The smallest absolute Gasteiger partial charge is 0.305 e. The maximum Gasteiger partial charge on any atom is 0.305 e. The molecule has 0 aliphatic heterocycles. The van der Waals surface area contributed by atoms with E-state index in [1.54, 1.807) is 6.92 Å². The molecule has 0 saturated heterocycles. The summed E-state index contributed by atoms with van der Waals surface area (Å²) in [6, 6.07) is 14.3. The Morgan fingerprint density at radius 2 is 1.86 bits per heavy atom. The first-order valence-corrected chi connectivity index (χ1v) is 7.98. The Morgan fingerprint density at radius 3 is 2.59 bits per heavy atom. The monoisotopic (exact) mass is 300 g/mol. The molecule has 3 heteroatoms. The number of fused-ring (bicyclic) bond motifs is 1. The van der Waals surface area contributed by atoms with Gasteiger partial charge >= 0.3 is 5.97 Å². The summed E-state index contributed by atoms with van der Waals surface area (Å²) in [7, 11) is 0. The molecule has 0 spiro atoms. The predicted octanol–water partition coefficient (Wildman–Crippen LogP) is 4.04. The van der Waals surface area contributed by atoms with Gasteiger partial charge in [0.05, 0.1) is 12.7 Å². The third-order valence-corrected chi connectivity index (χ3v) is 4.07. The fourth-order valence-corrected chi connectivity index (χ4v) is 2.92. The second-order valence-corrected chi connectivity index (χ2v) is 5.49. The van der Waals surface area contributed by atoms with Gasteiger partial charge in [0, 0.05) is 12.3 Å². The minimum atomic E-state index is -0.458. The van der Waals surface area contributed by atoms with Crippen molar-refractivity contribution in [3.63, 3.8) is 0 Å². The topological polar surface area (TPSA) is 46.5 Å². The molecule has 0 heterocycles. The van der Waals surface area contributed by atoms with Crippen LogP contribution >= 0.6 is 0 Å². The highest BCUT2D eigenvalue weighted by Crippen LogP contribution is 2.32. The second kappa shape index (κ2) is 7.95.